The average Bonchev–Trinajstić information content (AvgIpc) is 2.72. The number of carbonyl (C=O) groups is 3. The number of aryl methyl sites for hydroxylation is 1. The van der Waals surface area contributed by atoms with E-state index in [4.69, 9.17) is 9.47 Å². The number of ether oxygens (including phenoxy) is 2. The SMILES string of the molecule is CCOC(=O)C1=C(C)NC2=C(C(=O)C(C(=O)OC)C(C)C2)C1c1ccc(C)c([N+](=O)[O-])c1. The van der Waals surface area contributed by atoms with E-state index in [0.29, 0.717) is 28.9 Å². The molecule has 0 amide bonds. The molecule has 1 aliphatic heterocycles. The normalized spacial score (nSPS) is 22.8. The highest BCUT2D eigenvalue weighted by Crippen LogP contribution is 2.46. The first-order valence-electron chi connectivity index (χ1n) is 10.4. The van der Waals surface area contributed by atoms with Gasteiger partial charge in [0.05, 0.1) is 24.2 Å². The van der Waals surface area contributed by atoms with E-state index in [2.05, 4.69) is 5.32 Å². The molecule has 9 heteroatoms. The molecule has 3 unspecified atom stereocenters. The van der Waals surface area contributed by atoms with Crippen molar-refractivity contribution < 1.29 is 28.8 Å². The number of dihydropyridines is 1. The van der Waals surface area contributed by atoms with Gasteiger partial charge in [-0.2, -0.15) is 0 Å². The fraction of sp³-hybridized carbons (Fsp3) is 0.435. The summed E-state index contributed by atoms with van der Waals surface area (Å²) in [6.45, 7) is 6.89. The van der Waals surface area contributed by atoms with Gasteiger partial charge in [-0.1, -0.05) is 19.1 Å². The molecule has 2 aliphatic rings. The van der Waals surface area contributed by atoms with E-state index in [1.165, 1.54) is 13.2 Å². The molecular weight excluding hydrogens is 416 g/mol. The third-order valence-electron chi connectivity index (χ3n) is 6.00. The zero-order valence-corrected chi connectivity index (χ0v) is 18.7. The Morgan fingerprint density at radius 2 is 1.97 bits per heavy atom. The molecule has 1 aliphatic carbocycles. The van der Waals surface area contributed by atoms with Crippen molar-refractivity contribution in [2.75, 3.05) is 13.7 Å². The second-order valence-electron chi connectivity index (χ2n) is 8.06. The van der Waals surface area contributed by atoms with Crippen molar-refractivity contribution in [3.8, 4) is 0 Å². The van der Waals surface area contributed by atoms with Crippen LogP contribution in [0.25, 0.3) is 0 Å². The van der Waals surface area contributed by atoms with Gasteiger partial charge in [-0.05, 0) is 38.7 Å². The molecular formula is C23H26N2O7. The third kappa shape index (κ3) is 3.90. The van der Waals surface area contributed by atoms with Crippen LogP contribution in [0.1, 0.15) is 44.2 Å². The Morgan fingerprint density at radius 3 is 2.56 bits per heavy atom. The van der Waals surface area contributed by atoms with E-state index in [1.54, 1.807) is 39.8 Å². The van der Waals surface area contributed by atoms with Gasteiger partial charge in [0, 0.05) is 34.5 Å². The molecule has 0 bridgehead atoms. The molecule has 0 aromatic heterocycles. The lowest BCUT2D eigenvalue weighted by molar-refractivity contribution is -0.385. The van der Waals surface area contributed by atoms with Crippen LogP contribution in [-0.4, -0.2) is 36.4 Å². The number of nitro benzene ring substituents is 1. The van der Waals surface area contributed by atoms with Crippen molar-refractivity contribution in [3.05, 3.63) is 62.0 Å². The van der Waals surface area contributed by atoms with Crippen LogP contribution in [0.3, 0.4) is 0 Å². The number of methoxy groups -OCH3 is 1. The summed E-state index contributed by atoms with van der Waals surface area (Å²) in [7, 11) is 1.22. The zero-order chi connectivity index (χ0) is 23.7. The number of ketones is 1. The third-order valence-corrected chi connectivity index (χ3v) is 6.00. The van der Waals surface area contributed by atoms with E-state index in [0.717, 1.165) is 0 Å². The maximum atomic E-state index is 13.6. The first-order valence-corrected chi connectivity index (χ1v) is 10.4. The van der Waals surface area contributed by atoms with Gasteiger partial charge in [-0.25, -0.2) is 4.79 Å². The molecule has 0 radical (unpaired) electrons. The van der Waals surface area contributed by atoms with Crippen LogP contribution in [-0.2, 0) is 23.9 Å². The molecule has 0 spiro atoms. The zero-order valence-electron chi connectivity index (χ0n) is 18.7. The fourth-order valence-corrected chi connectivity index (χ4v) is 4.50. The number of hydrogen-bond acceptors (Lipinski definition) is 8. The van der Waals surface area contributed by atoms with E-state index in [9.17, 15) is 24.5 Å². The van der Waals surface area contributed by atoms with Crippen molar-refractivity contribution in [3.63, 3.8) is 0 Å². The molecule has 170 valence electrons. The van der Waals surface area contributed by atoms with Crippen LogP contribution < -0.4 is 5.32 Å². The lowest BCUT2D eigenvalue weighted by Crippen LogP contribution is -2.43. The predicted molar refractivity (Wildman–Crippen MR) is 114 cm³/mol. The standard InChI is InChI=1S/C23H26N2O7/c1-6-32-23(28)18-13(4)24-15-9-12(3)17(22(27)31-5)21(26)20(15)19(18)14-8-7-11(2)16(10-14)25(29)30/h7-8,10,12,17,19,24H,6,9H2,1-5H3. The van der Waals surface area contributed by atoms with Crippen LogP contribution in [0, 0.1) is 28.9 Å². The lowest BCUT2D eigenvalue weighted by Gasteiger charge is -2.38. The number of benzene rings is 1. The monoisotopic (exact) mass is 442 g/mol. The number of nitrogens with zero attached hydrogens (tertiary/aromatic N) is 1. The number of Topliss-reactive ketones (excluding diaryl/α,β-unsaturated/α-hetero) is 1. The molecule has 3 rings (SSSR count). The summed E-state index contributed by atoms with van der Waals surface area (Å²) < 4.78 is 10.1. The summed E-state index contributed by atoms with van der Waals surface area (Å²) in [6.07, 6.45) is 0.388. The molecule has 3 atom stereocenters. The Hall–Kier alpha value is -3.49. The van der Waals surface area contributed by atoms with E-state index >= 15 is 0 Å². The van der Waals surface area contributed by atoms with Crippen molar-refractivity contribution in [1.82, 2.24) is 5.32 Å². The molecule has 0 saturated carbocycles. The molecule has 0 saturated heterocycles. The highest BCUT2D eigenvalue weighted by atomic mass is 16.6. The summed E-state index contributed by atoms with van der Waals surface area (Å²) in [6, 6.07) is 4.62. The second-order valence-corrected chi connectivity index (χ2v) is 8.06. The van der Waals surface area contributed by atoms with Crippen LogP contribution >= 0.6 is 0 Å². The van der Waals surface area contributed by atoms with Gasteiger partial charge in [-0.3, -0.25) is 19.7 Å². The molecule has 1 heterocycles. The van der Waals surface area contributed by atoms with Gasteiger partial charge in [0.25, 0.3) is 5.69 Å². The highest BCUT2D eigenvalue weighted by Gasteiger charge is 2.47. The van der Waals surface area contributed by atoms with Crippen molar-refractivity contribution >= 4 is 23.4 Å². The van der Waals surface area contributed by atoms with Gasteiger partial charge in [0.2, 0.25) is 0 Å². The molecule has 1 aromatic carbocycles. The highest BCUT2D eigenvalue weighted by molar-refractivity contribution is 6.12. The van der Waals surface area contributed by atoms with Crippen molar-refractivity contribution in [1.29, 1.82) is 0 Å². The molecule has 1 aromatic rings. The fourth-order valence-electron chi connectivity index (χ4n) is 4.50. The quantitative estimate of drug-likeness (QED) is 0.319. The number of hydrogen-bond donors (Lipinski definition) is 1. The van der Waals surface area contributed by atoms with Gasteiger partial charge in [0.1, 0.15) is 5.92 Å². The van der Waals surface area contributed by atoms with Crippen LogP contribution in [0.2, 0.25) is 0 Å². The van der Waals surface area contributed by atoms with E-state index in [-0.39, 0.29) is 29.4 Å². The molecule has 0 fully saturated rings. The minimum atomic E-state index is -1.02. The molecule has 32 heavy (non-hydrogen) atoms. The molecule has 9 nitrogen and oxygen atoms in total. The van der Waals surface area contributed by atoms with Crippen molar-refractivity contribution in [2.24, 2.45) is 11.8 Å². The average molecular weight is 442 g/mol. The summed E-state index contributed by atoms with van der Waals surface area (Å²) >= 11 is 0. The Bertz CT molecular complexity index is 1070. The van der Waals surface area contributed by atoms with Crippen LogP contribution in [0.15, 0.2) is 40.7 Å². The van der Waals surface area contributed by atoms with E-state index in [1.807, 2.05) is 0 Å². The van der Waals surface area contributed by atoms with Crippen LogP contribution in [0.5, 0.6) is 0 Å². The molecule has 1 N–H and O–H groups in total. The first kappa shape index (κ1) is 23.2. The van der Waals surface area contributed by atoms with Gasteiger partial charge < -0.3 is 14.8 Å². The van der Waals surface area contributed by atoms with E-state index < -0.39 is 34.5 Å². The predicted octanol–water partition coefficient (Wildman–Crippen LogP) is 3.08. The minimum Gasteiger partial charge on any atom is -0.468 e. The van der Waals surface area contributed by atoms with Crippen molar-refractivity contribution in [2.45, 2.75) is 40.0 Å². The van der Waals surface area contributed by atoms with Gasteiger partial charge in [-0.15, -0.1) is 0 Å². The smallest absolute Gasteiger partial charge is 0.336 e. The Labute approximate surface area is 185 Å². The number of nitrogens with one attached hydrogen (secondary N) is 1. The number of carbonyl (C=O) groups excluding carboxylic acids is 3. The topological polar surface area (TPSA) is 125 Å². The van der Waals surface area contributed by atoms with Gasteiger partial charge >= 0.3 is 11.9 Å². The summed E-state index contributed by atoms with van der Waals surface area (Å²) in [5, 5.41) is 14.7. The summed E-state index contributed by atoms with van der Waals surface area (Å²) in [5.41, 5.74) is 2.28. The number of esters is 2. The number of rotatable bonds is 5. The maximum Gasteiger partial charge on any atom is 0.336 e. The number of nitro groups is 1. The Balaban J connectivity index is 2.25. The first-order chi connectivity index (χ1) is 15.1. The Morgan fingerprint density at radius 1 is 1.28 bits per heavy atom. The largest absolute Gasteiger partial charge is 0.468 e. The Kier molecular flexibility index (Phi) is 6.47. The summed E-state index contributed by atoms with van der Waals surface area (Å²) in [4.78, 5) is 49.9. The van der Waals surface area contributed by atoms with Gasteiger partial charge in [0.15, 0.2) is 5.78 Å². The lowest BCUT2D eigenvalue weighted by atomic mass is 9.69. The minimum absolute atomic E-state index is 0.120. The maximum absolute atomic E-state index is 13.6. The second kappa shape index (κ2) is 8.94. The van der Waals surface area contributed by atoms with Crippen LogP contribution in [0.4, 0.5) is 5.69 Å². The summed E-state index contributed by atoms with van der Waals surface area (Å²) in [5.74, 6) is -3.97. The number of allylic oxidation sites excluding steroid dienone is 3.